The molecular formula is C25H28N4O2. The molecule has 0 bridgehead atoms. The van der Waals surface area contributed by atoms with Crippen molar-refractivity contribution in [2.45, 2.75) is 50.6 Å². The topological polar surface area (TPSA) is 99.2 Å². The van der Waals surface area contributed by atoms with E-state index in [1.165, 1.54) is 0 Å². The molecule has 3 atom stereocenters. The molecule has 1 fully saturated rings. The lowest BCUT2D eigenvalue weighted by Gasteiger charge is -2.15. The van der Waals surface area contributed by atoms with Crippen LogP contribution in [0.4, 0.5) is 5.69 Å². The summed E-state index contributed by atoms with van der Waals surface area (Å²) in [6.07, 6.45) is 4.20. The highest BCUT2D eigenvalue weighted by atomic mass is 16.2. The molecule has 0 saturated heterocycles. The first-order valence-electron chi connectivity index (χ1n) is 10.9. The molecule has 2 amide bonds. The van der Waals surface area contributed by atoms with Crippen LogP contribution in [-0.4, -0.2) is 30.9 Å². The summed E-state index contributed by atoms with van der Waals surface area (Å²) in [5, 5.41) is 12.4. The Morgan fingerprint density at radius 1 is 1.23 bits per heavy atom. The highest BCUT2D eigenvalue weighted by Crippen LogP contribution is 2.32. The second-order valence-electron chi connectivity index (χ2n) is 8.77. The normalized spacial score (nSPS) is 20.9. The standard InChI is InChI=1S/C25H28N4O2/c1-29-23-9-7-19(13-20(23)14-25(29)31)18-5-2-16(3-6-18)11-22(15-26)28-24(30)12-17-4-8-21(27)10-17/h2-3,5-7,9,13,17,21-22H,4,8,10-12,14,27H2,1H3,(H,28,30). The summed E-state index contributed by atoms with van der Waals surface area (Å²) in [6.45, 7) is 0. The number of nitrogens with one attached hydrogen (secondary N) is 1. The van der Waals surface area contributed by atoms with Gasteiger partial charge in [-0.15, -0.1) is 0 Å². The van der Waals surface area contributed by atoms with E-state index < -0.39 is 6.04 Å². The van der Waals surface area contributed by atoms with Crippen LogP contribution in [0, 0.1) is 17.2 Å². The van der Waals surface area contributed by atoms with Gasteiger partial charge in [-0.2, -0.15) is 5.26 Å². The Kier molecular flexibility index (Phi) is 6.06. The molecule has 0 radical (unpaired) electrons. The van der Waals surface area contributed by atoms with Crippen LogP contribution >= 0.6 is 0 Å². The number of hydrogen-bond donors (Lipinski definition) is 2. The van der Waals surface area contributed by atoms with Gasteiger partial charge in [0.1, 0.15) is 6.04 Å². The van der Waals surface area contributed by atoms with Crippen LogP contribution in [0.3, 0.4) is 0 Å². The van der Waals surface area contributed by atoms with E-state index in [0.29, 0.717) is 25.2 Å². The van der Waals surface area contributed by atoms with E-state index in [1.54, 1.807) is 11.9 Å². The van der Waals surface area contributed by atoms with E-state index >= 15 is 0 Å². The van der Waals surface area contributed by atoms with Crippen LogP contribution in [0.1, 0.15) is 36.8 Å². The number of carbonyl (C=O) groups is 2. The molecule has 0 spiro atoms. The first-order chi connectivity index (χ1) is 14.9. The zero-order chi connectivity index (χ0) is 22.0. The fraction of sp³-hybridized carbons (Fsp3) is 0.400. The van der Waals surface area contributed by atoms with Crippen molar-refractivity contribution in [2.75, 3.05) is 11.9 Å². The summed E-state index contributed by atoms with van der Waals surface area (Å²) < 4.78 is 0. The van der Waals surface area contributed by atoms with Gasteiger partial charge in [-0.05, 0) is 59.6 Å². The van der Waals surface area contributed by atoms with E-state index in [2.05, 4.69) is 17.5 Å². The molecule has 1 saturated carbocycles. The van der Waals surface area contributed by atoms with Gasteiger partial charge < -0.3 is 16.0 Å². The van der Waals surface area contributed by atoms with Gasteiger partial charge in [0.15, 0.2) is 0 Å². The number of rotatable bonds is 6. The van der Waals surface area contributed by atoms with Crippen LogP contribution in [0.2, 0.25) is 0 Å². The molecule has 4 rings (SSSR count). The Balaban J connectivity index is 1.37. The smallest absolute Gasteiger partial charge is 0.231 e. The monoisotopic (exact) mass is 416 g/mol. The highest BCUT2D eigenvalue weighted by Gasteiger charge is 2.25. The maximum atomic E-state index is 12.3. The van der Waals surface area contributed by atoms with Crippen LogP contribution in [0.25, 0.3) is 11.1 Å². The Hall–Kier alpha value is -3.17. The highest BCUT2D eigenvalue weighted by molar-refractivity contribution is 6.01. The van der Waals surface area contributed by atoms with Crippen molar-refractivity contribution in [3.05, 3.63) is 53.6 Å². The lowest BCUT2D eigenvalue weighted by atomic mass is 9.98. The Morgan fingerprint density at radius 3 is 2.65 bits per heavy atom. The third-order valence-electron chi connectivity index (χ3n) is 6.43. The number of nitriles is 1. The Morgan fingerprint density at radius 2 is 1.97 bits per heavy atom. The largest absolute Gasteiger partial charge is 0.340 e. The predicted octanol–water partition coefficient (Wildman–Crippen LogP) is 2.94. The van der Waals surface area contributed by atoms with Crippen LogP contribution in [-0.2, 0) is 22.4 Å². The van der Waals surface area contributed by atoms with Crippen LogP contribution < -0.4 is 16.0 Å². The fourth-order valence-corrected chi connectivity index (χ4v) is 4.66. The van der Waals surface area contributed by atoms with Gasteiger partial charge in [0.25, 0.3) is 0 Å². The van der Waals surface area contributed by atoms with E-state index in [-0.39, 0.29) is 17.9 Å². The average molecular weight is 417 g/mol. The third-order valence-corrected chi connectivity index (χ3v) is 6.43. The van der Waals surface area contributed by atoms with Crippen molar-refractivity contribution in [1.82, 2.24) is 5.32 Å². The molecule has 2 aromatic carbocycles. The summed E-state index contributed by atoms with van der Waals surface area (Å²) in [5.41, 5.74) is 11.1. The van der Waals surface area contributed by atoms with E-state index in [1.807, 2.05) is 36.4 Å². The number of anilines is 1. The van der Waals surface area contributed by atoms with Gasteiger partial charge in [0.05, 0.1) is 12.5 Å². The summed E-state index contributed by atoms with van der Waals surface area (Å²) in [6, 6.07) is 16.0. The molecule has 3 unspecified atom stereocenters. The van der Waals surface area contributed by atoms with E-state index in [4.69, 9.17) is 5.73 Å². The minimum absolute atomic E-state index is 0.0695. The van der Waals surface area contributed by atoms with Crippen LogP contribution in [0.5, 0.6) is 0 Å². The van der Waals surface area contributed by atoms with Gasteiger partial charge in [-0.25, -0.2) is 0 Å². The summed E-state index contributed by atoms with van der Waals surface area (Å²) in [4.78, 5) is 25.9. The summed E-state index contributed by atoms with van der Waals surface area (Å²) in [5.74, 6) is 0.374. The molecule has 1 aliphatic heterocycles. The number of carbonyl (C=O) groups excluding carboxylic acids is 2. The first kappa shape index (κ1) is 21.1. The predicted molar refractivity (Wildman–Crippen MR) is 120 cm³/mol. The summed E-state index contributed by atoms with van der Waals surface area (Å²) in [7, 11) is 1.80. The first-order valence-corrected chi connectivity index (χ1v) is 10.9. The molecule has 6 heteroatoms. The molecule has 0 aromatic heterocycles. The maximum Gasteiger partial charge on any atom is 0.231 e. The van der Waals surface area contributed by atoms with Crippen LogP contribution in [0.15, 0.2) is 42.5 Å². The molecule has 160 valence electrons. The van der Waals surface area contributed by atoms with Gasteiger partial charge >= 0.3 is 0 Å². The molecule has 2 aromatic rings. The lowest BCUT2D eigenvalue weighted by Crippen LogP contribution is -2.36. The number of nitrogens with two attached hydrogens (primary N) is 1. The van der Waals surface area contributed by atoms with E-state index in [9.17, 15) is 14.9 Å². The molecule has 6 nitrogen and oxygen atoms in total. The number of amides is 2. The molecular weight excluding hydrogens is 388 g/mol. The summed E-state index contributed by atoms with van der Waals surface area (Å²) >= 11 is 0. The number of likely N-dealkylation sites (N-methyl/N-ethyl adjacent to an activating group) is 1. The molecule has 3 N–H and O–H groups in total. The minimum atomic E-state index is -0.546. The second-order valence-corrected chi connectivity index (χ2v) is 8.77. The van der Waals surface area contributed by atoms with E-state index in [0.717, 1.165) is 47.2 Å². The van der Waals surface area contributed by atoms with Crippen molar-refractivity contribution < 1.29 is 9.59 Å². The van der Waals surface area contributed by atoms with Crippen molar-refractivity contribution in [3.63, 3.8) is 0 Å². The van der Waals surface area contributed by atoms with Gasteiger partial charge in [-0.1, -0.05) is 30.3 Å². The SMILES string of the molecule is CN1C(=O)Cc2cc(-c3ccc(CC(C#N)NC(=O)CC4CCC(N)C4)cc3)ccc21. The molecule has 1 heterocycles. The quantitative estimate of drug-likeness (QED) is 0.756. The Bertz CT molecular complexity index is 1020. The molecule has 1 aliphatic carbocycles. The van der Waals surface area contributed by atoms with Crippen molar-refractivity contribution >= 4 is 17.5 Å². The van der Waals surface area contributed by atoms with Crippen molar-refractivity contribution in [1.29, 1.82) is 5.26 Å². The third kappa shape index (κ3) is 4.78. The van der Waals surface area contributed by atoms with Crippen molar-refractivity contribution in [3.8, 4) is 17.2 Å². The zero-order valence-electron chi connectivity index (χ0n) is 17.8. The number of fused-ring (bicyclic) bond motifs is 1. The average Bonchev–Trinajstić information content (AvgIpc) is 3.29. The minimum Gasteiger partial charge on any atom is -0.340 e. The Labute approximate surface area is 183 Å². The number of benzene rings is 2. The molecule has 31 heavy (non-hydrogen) atoms. The number of nitrogens with zero attached hydrogens (tertiary/aromatic N) is 2. The van der Waals surface area contributed by atoms with Gasteiger partial charge in [-0.3, -0.25) is 9.59 Å². The van der Waals surface area contributed by atoms with Crippen molar-refractivity contribution in [2.24, 2.45) is 11.7 Å². The second kappa shape index (κ2) is 8.91. The van der Waals surface area contributed by atoms with Gasteiger partial charge in [0.2, 0.25) is 11.8 Å². The lowest BCUT2D eigenvalue weighted by molar-refractivity contribution is -0.122. The number of hydrogen-bond acceptors (Lipinski definition) is 4. The zero-order valence-corrected chi connectivity index (χ0v) is 17.8. The molecule has 2 aliphatic rings. The van der Waals surface area contributed by atoms with Gasteiger partial charge in [0, 0.05) is 31.6 Å². The fourth-order valence-electron chi connectivity index (χ4n) is 4.66. The maximum absolute atomic E-state index is 12.3.